The number of hydrogen-bond donors (Lipinski definition) is 0. The molecule has 17 heavy (non-hydrogen) atoms. The second kappa shape index (κ2) is 5.23. The molecule has 1 aromatic carbocycles. The monoisotopic (exact) mass is 359 g/mol. The topological polar surface area (TPSA) is 22.0 Å². The van der Waals surface area contributed by atoms with Crippen LogP contribution in [0.5, 0.6) is 0 Å². The van der Waals surface area contributed by atoms with Gasteiger partial charge in [0.15, 0.2) is 0 Å². The van der Waals surface area contributed by atoms with Crippen molar-refractivity contribution in [3.05, 3.63) is 55.3 Å². The molecule has 0 aliphatic carbocycles. The van der Waals surface area contributed by atoms with Crippen LogP contribution in [0.4, 0.5) is 0 Å². The lowest BCUT2D eigenvalue weighted by Gasteiger charge is -2.12. The van der Waals surface area contributed by atoms with Crippen LogP contribution in [0, 0.1) is 3.57 Å². The molecule has 88 valence electrons. The van der Waals surface area contributed by atoms with Gasteiger partial charge < -0.3 is 4.57 Å². The summed E-state index contributed by atoms with van der Waals surface area (Å²) >= 11 is 8.21. The summed E-state index contributed by atoms with van der Waals surface area (Å²) in [7, 11) is 0. The zero-order valence-corrected chi connectivity index (χ0v) is 12.2. The van der Waals surface area contributed by atoms with E-state index in [4.69, 9.17) is 11.6 Å². The summed E-state index contributed by atoms with van der Waals surface area (Å²) in [4.78, 5) is 12.0. The summed E-state index contributed by atoms with van der Waals surface area (Å²) in [6, 6.07) is 11.3. The van der Waals surface area contributed by atoms with Gasteiger partial charge in [0, 0.05) is 17.1 Å². The fourth-order valence-electron chi connectivity index (χ4n) is 1.77. The molecule has 2 aromatic rings. The number of rotatable bonds is 2. The van der Waals surface area contributed by atoms with E-state index in [1.807, 2.05) is 43.3 Å². The Labute approximate surface area is 118 Å². The highest BCUT2D eigenvalue weighted by Crippen LogP contribution is 2.26. The second-order valence-corrected chi connectivity index (χ2v) is 5.17. The summed E-state index contributed by atoms with van der Waals surface area (Å²) in [5, 5.41) is 0.662. The van der Waals surface area contributed by atoms with E-state index in [9.17, 15) is 4.79 Å². The maximum absolute atomic E-state index is 12.0. The van der Waals surface area contributed by atoms with Gasteiger partial charge in [-0.15, -0.1) is 0 Å². The molecule has 0 radical (unpaired) electrons. The third-order valence-electron chi connectivity index (χ3n) is 2.59. The fourth-order valence-corrected chi connectivity index (χ4v) is 2.47. The van der Waals surface area contributed by atoms with Crippen molar-refractivity contribution < 1.29 is 0 Å². The molecule has 0 atom stereocenters. The predicted molar refractivity (Wildman–Crippen MR) is 79.5 cm³/mol. The maximum Gasteiger partial charge on any atom is 0.264 e. The molecule has 1 aromatic heterocycles. The van der Waals surface area contributed by atoms with Crippen molar-refractivity contribution in [2.45, 2.75) is 13.5 Å². The van der Waals surface area contributed by atoms with Gasteiger partial charge in [0.1, 0.15) is 0 Å². The van der Waals surface area contributed by atoms with Crippen molar-refractivity contribution in [3.63, 3.8) is 0 Å². The van der Waals surface area contributed by atoms with Crippen LogP contribution in [0.15, 0.2) is 41.2 Å². The molecule has 0 unspecified atom stereocenters. The van der Waals surface area contributed by atoms with Gasteiger partial charge in [-0.2, -0.15) is 0 Å². The number of aromatic nitrogens is 1. The van der Waals surface area contributed by atoms with E-state index in [1.165, 1.54) is 0 Å². The van der Waals surface area contributed by atoms with Crippen LogP contribution >= 0.6 is 34.2 Å². The van der Waals surface area contributed by atoms with E-state index in [0.717, 1.165) is 14.8 Å². The first-order valence-corrected chi connectivity index (χ1v) is 6.75. The summed E-state index contributed by atoms with van der Waals surface area (Å²) in [5.74, 6) is 0. The van der Waals surface area contributed by atoms with Crippen LogP contribution < -0.4 is 5.56 Å². The van der Waals surface area contributed by atoms with Gasteiger partial charge in [0.2, 0.25) is 0 Å². The number of nitrogens with zero attached hydrogens (tertiary/aromatic N) is 1. The van der Waals surface area contributed by atoms with Gasteiger partial charge in [0.05, 0.1) is 9.26 Å². The van der Waals surface area contributed by atoms with Gasteiger partial charge >= 0.3 is 0 Å². The number of benzene rings is 1. The summed E-state index contributed by atoms with van der Waals surface area (Å²) in [5.41, 5.74) is 1.79. The Morgan fingerprint density at radius 3 is 2.59 bits per heavy atom. The van der Waals surface area contributed by atoms with Gasteiger partial charge in [-0.05, 0) is 47.7 Å². The SMILES string of the molecule is CCn1c(-c2ccccc2Cl)ccc(I)c1=O. The molecular formula is C13H11ClINO. The minimum Gasteiger partial charge on any atom is -0.308 e. The molecular weight excluding hydrogens is 349 g/mol. The van der Waals surface area contributed by atoms with Crippen LogP contribution in [0.25, 0.3) is 11.3 Å². The molecule has 0 bridgehead atoms. The first-order valence-electron chi connectivity index (χ1n) is 5.29. The van der Waals surface area contributed by atoms with E-state index in [0.29, 0.717) is 11.6 Å². The predicted octanol–water partition coefficient (Wildman–Crippen LogP) is 3.79. The number of pyridine rings is 1. The van der Waals surface area contributed by atoms with Crippen LogP contribution in [0.2, 0.25) is 5.02 Å². The minimum atomic E-state index is 0.0329. The second-order valence-electron chi connectivity index (χ2n) is 3.60. The van der Waals surface area contributed by atoms with Gasteiger partial charge in [-0.1, -0.05) is 29.8 Å². The third-order valence-corrected chi connectivity index (χ3v) is 3.74. The highest BCUT2D eigenvalue weighted by atomic mass is 127. The zero-order chi connectivity index (χ0) is 12.4. The Morgan fingerprint density at radius 2 is 1.94 bits per heavy atom. The molecule has 0 amide bonds. The average Bonchev–Trinajstić information content (AvgIpc) is 2.33. The Kier molecular flexibility index (Phi) is 3.89. The highest BCUT2D eigenvalue weighted by molar-refractivity contribution is 14.1. The molecule has 0 spiro atoms. The molecule has 0 saturated heterocycles. The molecule has 4 heteroatoms. The normalized spacial score (nSPS) is 10.5. The van der Waals surface area contributed by atoms with Crippen molar-refractivity contribution in [1.29, 1.82) is 0 Å². The summed E-state index contributed by atoms with van der Waals surface area (Å²) in [6.45, 7) is 2.59. The molecule has 0 fully saturated rings. The van der Waals surface area contributed by atoms with Crippen LogP contribution in [0.3, 0.4) is 0 Å². The standard InChI is InChI=1S/C13H11ClINO/c1-2-16-12(8-7-11(15)13(16)17)9-5-3-4-6-10(9)14/h3-8H,2H2,1H3. The molecule has 2 rings (SSSR count). The number of hydrogen-bond acceptors (Lipinski definition) is 1. The molecule has 0 aliphatic rings. The van der Waals surface area contributed by atoms with Crippen molar-refractivity contribution in [2.24, 2.45) is 0 Å². The van der Waals surface area contributed by atoms with E-state index < -0.39 is 0 Å². The Bertz CT molecular complexity index is 607. The van der Waals surface area contributed by atoms with Crippen molar-refractivity contribution >= 4 is 34.2 Å². The quantitative estimate of drug-likeness (QED) is 0.748. The molecule has 2 nitrogen and oxygen atoms in total. The van der Waals surface area contributed by atoms with E-state index in [1.54, 1.807) is 4.57 Å². The largest absolute Gasteiger partial charge is 0.308 e. The van der Waals surface area contributed by atoms with E-state index in [-0.39, 0.29) is 5.56 Å². The van der Waals surface area contributed by atoms with Gasteiger partial charge in [-0.25, -0.2) is 0 Å². The van der Waals surface area contributed by atoms with Gasteiger partial charge in [-0.3, -0.25) is 4.79 Å². The van der Waals surface area contributed by atoms with E-state index in [2.05, 4.69) is 22.6 Å². The Morgan fingerprint density at radius 1 is 1.24 bits per heavy atom. The van der Waals surface area contributed by atoms with Crippen molar-refractivity contribution in [3.8, 4) is 11.3 Å². The van der Waals surface area contributed by atoms with Crippen LogP contribution in [0.1, 0.15) is 6.92 Å². The highest BCUT2D eigenvalue weighted by Gasteiger charge is 2.09. The molecule has 0 aliphatic heterocycles. The van der Waals surface area contributed by atoms with Crippen molar-refractivity contribution in [1.82, 2.24) is 4.57 Å². The fraction of sp³-hybridized carbons (Fsp3) is 0.154. The maximum atomic E-state index is 12.0. The lowest BCUT2D eigenvalue weighted by molar-refractivity contribution is 0.731. The minimum absolute atomic E-state index is 0.0329. The van der Waals surface area contributed by atoms with Crippen LogP contribution in [-0.4, -0.2) is 4.57 Å². The average molecular weight is 360 g/mol. The molecule has 0 saturated carbocycles. The third kappa shape index (κ3) is 2.40. The van der Waals surface area contributed by atoms with Crippen molar-refractivity contribution in [2.75, 3.05) is 0 Å². The first-order chi connectivity index (χ1) is 8.15. The Hall–Kier alpha value is -0.810. The lowest BCUT2D eigenvalue weighted by atomic mass is 10.1. The zero-order valence-electron chi connectivity index (χ0n) is 9.28. The molecule has 1 heterocycles. The summed E-state index contributed by atoms with van der Waals surface area (Å²) in [6.07, 6.45) is 0. The Balaban J connectivity index is 2.73. The number of halogens is 2. The van der Waals surface area contributed by atoms with E-state index >= 15 is 0 Å². The lowest BCUT2D eigenvalue weighted by Crippen LogP contribution is -2.22. The van der Waals surface area contributed by atoms with Crippen LogP contribution in [-0.2, 0) is 6.54 Å². The first kappa shape index (κ1) is 12.6. The summed E-state index contributed by atoms with van der Waals surface area (Å²) < 4.78 is 2.46. The van der Waals surface area contributed by atoms with Gasteiger partial charge in [0.25, 0.3) is 5.56 Å². The smallest absolute Gasteiger partial charge is 0.264 e. The molecule has 0 N–H and O–H groups in total.